The summed E-state index contributed by atoms with van der Waals surface area (Å²) in [7, 11) is 0. The van der Waals surface area contributed by atoms with Gasteiger partial charge < -0.3 is 10.2 Å². The molecule has 2 aromatic heterocycles. The number of anilines is 2. The first-order chi connectivity index (χ1) is 12.3. The summed E-state index contributed by atoms with van der Waals surface area (Å²) >= 11 is 1.69. The van der Waals surface area contributed by atoms with Gasteiger partial charge in [-0.15, -0.1) is 0 Å². The normalized spacial score (nSPS) is 14.2. The molecule has 3 aromatic rings. The number of nitrogens with one attached hydrogen (secondary N) is 1. The van der Waals surface area contributed by atoms with E-state index in [0.717, 1.165) is 39.8 Å². The third-order valence-corrected chi connectivity index (χ3v) is 5.37. The van der Waals surface area contributed by atoms with E-state index in [4.69, 9.17) is 4.98 Å². The number of carbonyl (C=O) groups is 1. The zero-order valence-corrected chi connectivity index (χ0v) is 14.6. The highest BCUT2D eigenvalue weighted by Gasteiger charge is 2.16. The molecule has 3 heterocycles. The van der Waals surface area contributed by atoms with Crippen LogP contribution >= 0.6 is 11.3 Å². The molecule has 1 N–H and O–H groups in total. The van der Waals surface area contributed by atoms with Gasteiger partial charge in [-0.1, -0.05) is 11.3 Å². The average molecular weight is 353 g/mol. The SMILES string of the molecule is O=C(CCc1ccncn1)Nc1ccc2nc(N3CCCC3)sc2c1. The number of carbonyl (C=O) groups excluding carboxylic acids is 1. The smallest absolute Gasteiger partial charge is 0.224 e. The maximum atomic E-state index is 12.2. The summed E-state index contributed by atoms with van der Waals surface area (Å²) in [5.41, 5.74) is 2.68. The van der Waals surface area contributed by atoms with Gasteiger partial charge in [0.25, 0.3) is 0 Å². The Morgan fingerprint density at radius 3 is 2.92 bits per heavy atom. The molecule has 7 heteroatoms. The number of amides is 1. The molecule has 1 aromatic carbocycles. The van der Waals surface area contributed by atoms with Crippen molar-refractivity contribution in [3.05, 3.63) is 42.5 Å². The summed E-state index contributed by atoms with van der Waals surface area (Å²) < 4.78 is 1.11. The highest BCUT2D eigenvalue weighted by atomic mass is 32.1. The first-order valence-electron chi connectivity index (χ1n) is 8.48. The molecule has 1 aliphatic rings. The Kier molecular flexibility index (Phi) is 4.56. The summed E-state index contributed by atoms with van der Waals surface area (Å²) in [4.78, 5) is 27.2. The molecule has 1 amide bonds. The molecule has 0 aliphatic carbocycles. The van der Waals surface area contributed by atoms with Gasteiger partial charge in [-0.05, 0) is 43.5 Å². The Morgan fingerprint density at radius 2 is 2.12 bits per heavy atom. The van der Waals surface area contributed by atoms with Crippen LogP contribution in [0.2, 0.25) is 0 Å². The lowest BCUT2D eigenvalue weighted by Gasteiger charge is -2.11. The fraction of sp³-hybridized carbons (Fsp3) is 0.333. The molecule has 4 rings (SSSR count). The van der Waals surface area contributed by atoms with Crippen LogP contribution in [0.25, 0.3) is 10.2 Å². The van der Waals surface area contributed by atoms with Crippen LogP contribution in [0.1, 0.15) is 25.0 Å². The van der Waals surface area contributed by atoms with Crippen molar-refractivity contribution >= 4 is 38.3 Å². The van der Waals surface area contributed by atoms with Crippen molar-refractivity contribution in [1.29, 1.82) is 0 Å². The number of hydrogen-bond acceptors (Lipinski definition) is 6. The van der Waals surface area contributed by atoms with Crippen LogP contribution < -0.4 is 10.2 Å². The first kappa shape index (κ1) is 16.0. The molecule has 0 spiro atoms. The second-order valence-corrected chi connectivity index (χ2v) is 7.13. The Hall–Kier alpha value is -2.54. The quantitative estimate of drug-likeness (QED) is 0.762. The molecule has 0 atom stereocenters. The lowest BCUT2D eigenvalue weighted by molar-refractivity contribution is -0.116. The fourth-order valence-corrected chi connectivity index (χ4v) is 4.02. The van der Waals surface area contributed by atoms with Crippen LogP contribution in [0.3, 0.4) is 0 Å². The molecule has 0 radical (unpaired) electrons. The van der Waals surface area contributed by atoms with E-state index in [0.29, 0.717) is 12.8 Å². The Balaban J connectivity index is 1.41. The third-order valence-electron chi connectivity index (χ3n) is 4.29. The van der Waals surface area contributed by atoms with E-state index in [-0.39, 0.29) is 5.91 Å². The minimum absolute atomic E-state index is 0.0118. The third kappa shape index (κ3) is 3.76. The van der Waals surface area contributed by atoms with Gasteiger partial charge in [-0.2, -0.15) is 0 Å². The Morgan fingerprint density at radius 1 is 1.24 bits per heavy atom. The zero-order valence-electron chi connectivity index (χ0n) is 13.8. The average Bonchev–Trinajstić information content (AvgIpc) is 3.30. The van der Waals surface area contributed by atoms with Crippen molar-refractivity contribution in [2.75, 3.05) is 23.3 Å². The Bertz CT molecular complexity index is 874. The van der Waals surface area contributed by atoms with Crippen LogP contribution in [-0.2, 0) is 11.2 Å². The number of fused-ring (bicyclic) bond motifs is 1. The van der Waals surface area contributed by atoms with Crippen LogP contribution in [0.5, 0.6) is 0 Å². The van der Waals surface area contributed by atoms with E-state index in [9.17, 15) is 4.79 Å². The molecular formula is C18H19N5OS. The van der Waals surface area contributed by atoms with E-state index in [1.165, 1.54) is 19.2 Å². The zero-order chi connectivity index (χ0) is 17.1. The van der Waals surface area contributed by atoms with Crippen molar-refractivity contribution in [2.24, 2.45) is 0 Å². The van der Waals surface area contributed by atoms with Gasteiger partial charge >= 0.3 is 0 Å². The van der Waals surface area contributed by atoms with E-state index in [1.54, 1.807) is 17.5 Å². The molecule has 6 nitrogen and oxygen atoms in total. The summed E-state index contributed by atoms with van der Waals surface area (Å²) in [6.07, 6.45) is 6.68. The maximum absolute atomic E-state index is 12.2. The number of thiazole rings is 1. The first-order valence-corrected chi connectivity index (χ1v) is 9.30. The summed E-state index contributed by atoms with van der Waals surface area (Å²) in [5, 5.41) is 4.05. The standard InChI is InChI=1S/C18H19N5OS/c24-17(6-4-13-7-8-19-12-20-13)21-14-3-5-15-16(11-14)25-18(22-15)23-9-1-2-10-23/h3,5,7-8,11-12H,1-2,4,6,9-10H2,(H,21,24). The molecule has 0 bridgehead atoms. The highest BCUT2D eigenvalue weighted by Crippen LogP contribution is 2.32. The lowest BCUT2D eigenvalue weighted by Crippen LogP contribution is -2.16. The molecule has 0 unspecified atom stereocenters. The van der Waals surface area contributed by atoms with Crippen molar-refractivity contribution < 1.29 is 4.79 Å². The molecular weight excluding hydrogens is 334 g/mol. The maximum Gasteiger partial charge on any atom is 0.224 e. The number of rotatable bonds is 5. The number of benzene rings is 1. The molecule has 0 saturated carbocycles. The van der Waals surface area contributed by atoms with Gasteiger partial charge in [-0.3, -0.25) is 4.79 Å². The number of hydrogen-bond donors (Lipinski definition) is 1. The highest BCUT2D eigenvalue weighted by molar-refractivity contribution is 7.22. The molecule has 1 saturated heterocycles. The number of nitrogens with zero attached hydrogens (tertiary/aromatic N) is 4. The summed E-state index contributed by atoms with van der Waals surface area (Å²) in [6, 6.07) is 7.73. The molecule has 1 fully saturated rings. The van der Waals surface area contributed by atoms with Gasteiger partial charge in [0.15, 0.2) is 5.13 Å². The van der Waals surface area contributed by atoms with E-state index >= 15 is 0 Å². The summed E-state index contributed by atoms with van der Waals surface area (Å²) in [5.74, 6) is -0.0118. The topological polar surface area (TPSA) is 71.0 Å². The van der Waals surface area contributed by atoms with Gasteiger partial charge in [-0.25, -0.2) is 15.0 Å². The van der Waals surface area contributed by atoms with Gasteiger partial charge in [0.1, 0.15) is 6.33 Å². The minimum Gasteiger partial charge on any atom is -0.348 e. The van der Waals surface area contributed by atoms with Gasteiger partial charge in [0.2, 0.25) is 5.91 Å². The lowest BCUT2D eigenvalue weighted by atomic mass is 10.2. The van der Waals surface area contributed by atoms with Crippen LogP contribution in [0.15, 0.2) is 36.8 Å². The van der Waals surface area contributed by atoms with E-state index in [1.807, 2.05) is 24.3 Å². The Labute approximate surface area is 149 Å². The molecule has 1 aliphatic heterocycles. The van der Waals surface area contributed by atoms with Crippen LogP contribution in [0, 0.1) is 0 Å². The fourth-order valence-electron chi connectivity index (χ4n) is 2.96. The minimum atomic E-state index is -0.0118. The predicted molar refractivity (Wildman–Crippen MR) is 100 cm³/mol. The van der Waals surface area contributed by atoms with Crippen LogP contribution in [-0.4, -0.2) is 33.9 Å². The van der Waals surface area contributed by atoms with E-state index in [2.05, 4.69) is 20.2 Å². The van der Waals surface area contributed by atoms with Gasteiger partial charge in [0, 0.05) is 37.1 Å². The van der Waals surface area contributed by atoms with Crippen molar-refractivity contribution in [3.8, 4) is 0 Å². The van der Waals surface area contributed by atoms with E-state index < -0.39 is 0 Å². The second-order valence-electron chi connectivity index (χ2n) is 6.12. The van der Waals surface area contributed by atoms with Crippen LogP contribution in [0.4, 0.5) is 10.8 Å². The van der Waals surface area contributed by atoms with Crippen molar-refractivity contribution in [2.45, 2.75) is 25.7 Å². The van der Waals surface area contributed by atoms with Crippen molar-refractivity contribution in [1.82, 2.24) is 15.0 Å². The predicted octanol–water partition coefficient (Wildman–Crippen LogP) is 3.26. The monoisotopic (exact) mass is 353 g/mol. The molecule has 128 valence electrons. The summed E-state index contributed by atoms with van der Waals surface area (Å²) in [6.45, 7) is 2.18. The van der Waals surface area contributed by atoms with Crippen molar-refractivity contribution in [3.63, 3.8) is 0 Å². The number of aromatic nitrogens is 3. The number of aryl methyl sites for hydroxylation is 1. The molecule has 25 heavy (non-hydrogen) atoms. The second kappa shape index (κ2) is 7.14. The largest absolute Gasteiger partial charge is 0.348 e. The van der Waals surface area contributed by atoms with Gasteiger partial charge in [0.05, 0.1) is 10.2 Å².